The Morgan fingerprint density at radius 2 is 1.50 bits per heavy atom. The van der Waals surface area contributed by atoms with Gasteiger partial charge in [0.25, 0.3) is 0 Å². The zero-order chi connectivity index (χ0) is 13.4. The van der Waals surface area contributed by atoms with E-state index in [9.17, 15) is 9.59 Å². The van der Waals surface area contributed by atoms with Crippen LogP contribution in [0, 0.1) is 0 Å². The van der Waals surface area contributed by atoms with Crippen LogP contribution in [0.5, 0.6) is 0 Å². The minimum absolute atomic E-state index is 0.101. The molecule has 0 aliphatic carbocycles. The monoisotopic (exact) mass is 247 g/mol. The summed E-state index contributed by atoms with van der Waals surface area (Å²) in [5.41, 5.74) is 0.370. The third-order valence-electron chi connectivity index (χ3n) is 1.87. The normalized spacial score (nSPS) is 9.33. The number of aromatic nitrogens is 1. The third-order valence-corrected chi connectivity index (χ3v) is 1.87. The van der Waals surface area contributed by atoms with Gasteiger partial charge in [0.05, 0.1) is 11.1 Å². The molecule has 0 aliphatic rings. The number of carbonyl (C=O) groups excluding carboxylic acids is 2. The zero-order valence-electron chi connectivity index (χ0n) is 9.80. The maximum atomic E-state index is 11.5. The van der Waals surface area contributed by atoms with Gasteiger partial charge in [-0.2, -0.15) is 0 Å². The summed E-state index contributed by atoms with van der Waals surface area (Å²) in [6.07, 6.45) is 5.53. The number of nitrogens with zero attached hydrogens (tertiary/aromatic N) is 1. The van der Waals surface area contributed by atoms with Crippen LogP contribution in [0.2, 0.25) is 0 Å². The lowest BCUT2D eigenvalue weighted by atomic mass is 10.2. The molecule has 0 spiro atoms. The van der Waals surface area contributed by atoms with Gasteiger partial charge in [-0.3, -0.25) is 4.98 Å². The first-order chi connectivity index (χ1) is 8.69. The van der Waals surface area contributed by atoms with Gasteiger partial charge in [-0.15, -0.1) is 0 Å². The fourth-order valence-electron chi connectivity index (χ4n) is 1.10. The molecule has 0 saturated heterocycles. The molecule has 0 saturated carbocycles. The summed E-state index contributed by atoms with van der Waals surface area (Å²) in [5, 5.41) is 0. The van der Waals surface area contributed by atoms with Crippen LogP contribution in [0.4, 0.5) is 0 Å². The molecule has 1 rings (SSSR count). The molecular weight excluding hydrogens is 234 g/mol. The van der Waals surface area contributed by atoms with E-state index in [1.165, 1.54) is 30.6 Å². The van der Waals surface area contributed by atoms with Gasteiger partial charge in [0.15, 0.2) is 0 Å². The van der Waals surface area contributed by atoms with Crippen LogP contribution in [0.3, 0.4) is 0 Å². The van der Waals surface area contributed by atoms with E-state index in [0.29, 0.717) is 0 Å². The molecule has 1 heterocycles. The van der Waals surface area contributed by atoms with Crippen molar-refractivity contribution < 1.29 is 19.1 Å². The lowest BCUT2D eigenvalue weighted by molar-refractivity contribution is 0.0547. The molecule has 0 N–H and O–H groups in total. The molecule has 5 nitrogen and oxygen atoms in total. The first kappa shape index (κ1) is 13.6. The number of ether oxygens (including phenoxy) is 2. The van der Waals surface area contributed by atoms with Crippen molar-refractivity contribution in [3.05, 3.63) is 54.9 Å². The second kappa shape index (κ2) is 7.01. The Kier molecular flexibility index (Phi) is 5.31. The van der Waals surface area contributed by atoms with E-state index in [4.69, 9.17) is 9.47 Å². The Bertz CT molecular complexity index is 429. The quantitative estimate of drug-likeness (QED) is 0.566. The van der Waals surface area contributed by atoms with Crippen LogP contribution in [0.25, 0.3) is 0 Å². The van der Waals surface area contributed by atoms with Crippen LogP contribution in [-0.4, -0.2) is 30.1 Å². The van der Waals surface area contributed by atoms with Crippen molar-refractivity contribution in [2.75, 3.05) is 13.2 Å². The van der Waals surface area contributed by atoms with Gasteiger partial charge in [-0.05, 0) is 6.07 Å². The van der Waals surface area contributed by atoms with Crippen molar-refractivity contribution in [1.82, 2.24) is 4.98 Å². The number of pyridine rings is 1. The van der Waals surface area contributed by atoms with Crippen molar-refractivity contribution in [3.8, 4) is 0 Å². The number of carbonyl (C=O) groups is 2. The molecule has 18 heavy (non-hydrogen) atoms. The average Bonchev–Trinajstić information content (AvgIpc) is 2.42. The Balaban J connectivity index is 2.78. The second-order valence-electron chi connectivity index (χ2n) is 3.24. The van der Waals surface area contributed by atoms with Crippen molar-refractivity contribution >= 4 is 11.9 Å². The standard InChI is InChI=1S/C13H13NO4/c1-3-5-17-12(15)10-7-11(9-14-8-10)13(16)18-6-4-2/h3-4,7-9H,1-2,5-6H2. The van der Waals surface area contributed by atoms with E-state index in [2.05, 4.69) is 18.1 Å². The van der Waals surface area contributed by atoms with Crippen LogP contribution in [-0.2, 0) is 9.47 Å². The first-order valence-corrected chi connectivity index (χ1v) is 5.20. The van der Waals surface area contributed by atoms with Crippen molar-refractivity contribution in [2.24, 2.45) is 0 Å². The van der Waals surface area contributed by atoms with Crippen molar-refractivity contribution in [2.45, 2.75) is 0 Å². The Morgan fingerprint density at radius 3 is 1.89 bits per heavy atom. The molecule has 0 aliphatic heterocycles. The number of hydrogen-bond donors (Lipinski definition) is 0. The topological polar surface area (TPSA) is 65.5 Å². The lowest BCUT2D eigenvalue weighted by Crippen LogP contribution is -2.10. The van der Waals surface area contributed by atoms with Crippen molar-refractivity contribution in [1.29, 1.82) is 0 Å². The molecule has 1 aromatic heterocycles. The Hall–Kier alpha value is -2.43. The molecule has 0 aromatic carbocycles. The van der Waals surface area contributed by atoms with Gasteiger partial charge in [0.2, 0.25) is 0 Å². The summed E-state index contributed by atoms with van der Waals surface area (Å²) in [6.45, 7) is 7.06. The predicted molar refractivity (Wildman–Crippen MR) is 65.2 cm³/mol. The Morgan fingerprint density at radius 1 is 1.06 bits per heavy atom. The maximum absolute atomic E-state index is 11.5. The molecule has 94 valence electrons. The van der Waals surface area contributed by atoms with Gasteiger partial charge < -0.3 is 9.47 Å². The van der Waals surface area contributed by atoms with Crippen LogP contribution in [0.1, 0.15) is 20.7 Å². The van der Waals surface area contributed by atoms with E-state index in [0.717, 1.165) is 0 Å². The second-order valence-corrected chi connectivity index (χ2v) is 3.24. The number of hydrogen-bond acceptors (Lipinski definition) is 5. The van der Waals surface area contributed by atoms with Crippen molar-refractivity contribution in [3.63, 3.8) is 0 Å². The summed E-state index contributed by atoms with van der Waals surface area (Å²) in [7, 11) is 0. The van der Waals surface area contributed by atoms with Crippen LogP contribution in [0.15, 0.2) is 43.8 Å². The molecule has 0 atom stereocenters. The first-order valence-electron chi connectivity index (χ1n) is 5.20. The minimum atomic E-state index is -0.569. The summed E-state index contributed by atoms with van der Waals surface area (Å²) >= 11 is 0. The predicted octanol–water partition coefficient (Wildman–Crippen LogP) is 1.77. The highest BCUT2D eigenvalue weighted by atomic mass is 16.5. The fourth-order valence-corrected chi connectivity index (χ4v) is 1.10. The summed E-state index contributed by atoms with van der Waals surface area (Å²) in [5.74, 6) is -1.14. The van der Waals surface area contributed by atoms with Crippen LogP contribution >= 0.6 is 0 Å². The van der Waals surface area contributed by atoms with Gasteiger partial charge >= 0.3 is 11.9 Å². The highest BCUT2D eigenvalue weighted by Gasteiger charge is 2.12. The molecule has 0 unspecified atom stereocenters. The van der Waals surface area contributed by atoms with Gasteiger partial charge in [0.1, 0.15) is 13.2 Å². The van der Waals surface area contributed by atoms with Gasteiger partial charge in [-0.25, -0.2) is 9.59 Å². The summed E-state index contributed by atoms with van der Waals surface area (Å²) in [6, 6.07) is 1.36. The number of esters is 2. The highest BCUT2D eigenvalue weighted by Crippen LogP contribution is 2.06. The van der Waals surface area contributed by atoms with E-state index in [1.807, 2.05) is 0 Å². The average molecular weight is 247 g/mol. The zero-order valence-corrected chi connectivity index (χ0v) is 9.80. The van der Waals surface area contributed by atoms with Crippen LogP contribution < -0.4 is 0 Å². The molecule has 5 heteroatoms. The maximum Gasteiger partial charge on any atom is 0.340 e. The largest absolute Gasteiger partial charge is 0.458 e. The smallest absolute Gasteiger partial charge is 0.340 e. The summed E-state index contributed by atoms with van der Waals surface area (Å²) < 4.78 is 9.66. The van der Waals surface area contributed by atoms with E-state index >= 15 is 0 Å². The van der Waals surface area contributed by atoms with Gasteiger partial charge in [-0.1, -0.05) is 25.3 Å². The van der Waals surface area contributed by atoms with Gasteiger partial charge in [0, 0.05) is 12.4 Å². The molecule has 0 bridgehead atoms. The molecule has 0 amide bonds. The third kappa shape index (κ3) is 3.86. The molecule has 0 fully saturated rings. The lowest BCUT2D eigenvalue weighted by Gasteiger charge is -2.04. The summed E-state index contributed by atoms with van der Waals surface area (Å²) in [4.78, 5) is 26.8. The SMILES string of the molecule is C=CCOC(=O)c1cncc(C(=O)OCC=C)c1. The fraction of sp³-hybridized carbons (Fsp3) is 0.154. The Labute approximate surface area is 105 Å². The van der Waals surface area contributed by atoms with E-state index in [-0.39, 0.29) is 24.3 Å². The number of rotatable bonds is 6. The molecule has 1 aromatic rings. The molecular formula is C13H13NO4. The highest BCUT2D eigenvalue weighted by molar-refractivity contribution is 5.94. The van der Waals surface area contributed by atoms with E-state index < -0.39 is 11.9 Å². The van der Waals surface area contributed by atoms with E-state index in [1.54, 1.807) is 0 Å². The minimum Gasteiger partial charge on any atom is -0.458 e. The molecule has 0 radical (unpaired) electrons.